The Balaban J connectivity index is 1.59. The fourth-order valence-electron chi connectivity index (χ4n) is 6.40. The van der Waals surface area contributed by atoms with Crippen molar-refractivity contribution in [3.05, 3.63) is 130 Å². The van der Waals surface area contributed by atoms with Crippen LogP contribution in [0.4, 0.5) is 0 Å². The van der Waals surface area contributed by atoms with Gasteiger partial charge in [0, 0.05) is 23.0 Å². The molecule has 2 N–H and O–H groups in total. The number of rotatable bonds is 12. The third-order valence-electron chi connectivity index (χ3n) is 8.59. The first-order valence-electron chi connectivity index (χ1n) is 16.1. The van der Waals surface area contributed by atoms with E-state index in [2.05, 4.69) is 59.7 Å². The van der Waals surface area contributed by atoms with E-state index in [1.807, 2.05) is 48.5 Å². The van der Waals surface area contributed by atoms with Crippen LogP contribution in [0.1, 0.15) is 66.7 Å². The number of nitrogens with one attached hydrogen (secondary N) is 2. The van der Waals surface area contributed by atoms with Gasteiger partial charge in [-0.1, -0.05) is 93.4 Å². The van der Waals surface area contributed by atoms with E-state index in [-0.39, 0.29) is 12.3 Å². The summed E-state index contributed by atoms with van der Waals surface area (Å²) in [5, 5.41) is 9.03. The molecule has 3 aromatic carbocycles. The monoisotopic (exact) mass is 603 g/mol. The van der Waals surface area contributed by atoms with Crippen molar-refractivity contribution in [2.24, 2.45) is 0 Å². The van der Waals surface area contributed by atoms with E-state index in [1.165, 1.54) is 0 Å². The average Bonchev–Trinajstić information content (AvgIpc) is 3.57. The molecule has 3 aliphatic rings. The van der Waals surface area contributed by atoms with Crippen molar-refractivity contribution in [2.45, 2.75) is 57.4 Å². The van der Waals surface area contributed by atoms with Gasteiger partial charge in [-0.05, 0) is 61.0 Å². The second-order valence-corrected chi connectivity index (χ2v) is 11.8. The summed E-state index contributed by atoms with van der Waals surface area (Å²) in [5.41, 5.74) is 2.61. The molecule has 2 atom stereocenters. The minimum Gasteiger partial charge on any atom is -0.425 e. The Labute approximate surface area is 264 Å². The Morgan fingerprint density at radius 3 is 2.22 bits per heavy atom. The smallest absolute Gasteiger partial charge is 0.340 e. The van der Waals surface area contributed by atoms with Gasteiger partial charge in [0.25, 0.3) is 5.91 Å². The largest absolute Gasteiger partial charge is 0.425 e. The van der Waals surface area contributed by atoms with Crippen LogP contribution in [0.3, 0.4) is 0 Å². The number of amides is 1. The van der Waals surface area contributed by atoms with Crippen LogP contribution in [0.2, 0.25) is 0 Å². The number of carbonyl (C=O) groups is 2. The third kappa shape index (κ3) is 6.10. The lowest BCUT2D eigenvalue weighted by atomic mass is 9.80. The molecular weight excluding hydrogens is 562 g/mol. The van der Waals surface area contributed by atoms with Crippen LogP contribution in [-0.4, -0.2) is 47.9 Å². The van der Waals surface area contributed by atoms with Crippen molar-refractivity contribution in [2.75, 3.05) is 19.7 Å². The van der Waals surface area contributed by atoms with E-state index in [0.29, 0.717) is 30.8 Å². The van der Waals surface area contributed by atoms with Gasteiger partial charge < -0.3 is 19.7 Å². The van der Waals surface area contributed by atoms with Gasteiger partial charge in [0.15, 0.2) is 0 Å². The zero-order chi connectivity index (χ0) is 31.3. The lowest BCUT2D eigenvalue weighted by Gasteiger charge is -2.49. The Hall–Kier alpha value is -4.46. The SMILES string of the molecule is CCCCNC1(NC(=O)c2ccccc2)C=C2C(=c3ccccc3=C3C=CCN23)C(OCCCC)(OC(=O)c2ccccc2)C1. The summed E-state index contributed by atoms with van der Waals surface area (Å²) in [7, 11) is 0. The zero-order valence-electron chi connectivity index (χ0n) is 26.1. The third-order valence-corrected chi connectivity index (χ3v) is 8.59. The molecule has 2 unspecified atom stereocenters. The number of unbranched alkanes of at least 4 members (excludes halogenated alkanes) is 2. The molecule has 2 aliphatic heterocycles. The minimum absolute atomic E-state index is 0.147. The first kappa shape index (κ1) is 30.6. The number of nitrogens with zero attached hydrogens (tertiary/aromatic N) is 1. The Bertz CT molecular complexity index is 1730. The maximum absolute atomic E-state index is 14.0. The zero-order valence-corrected chi connectivity index (χ0v) is 26.1. The molecule has 1 amide bonds. The molecule has 1 aliphatic carbocycles. The molecule has 2 heterocycles. The van der Waals surface area contributed by atoms with Gasteiger partial charge in [-0.3, -0.25) is 10.1 Å². The standard InChI is InChI=1S/C38H41N3O4/c1-3-5-23-39-37(40-35(42)28-16-9-7-10-17-28)26-33-34(31-21-14-13-20-30(31)32-22-15-24-41(32)33)38(27-37,44-25-6-4-2)45-36(43)29-18-11-8-12-19-29/h7-22,26,39H,3-6,23-25,27H2,1-2H3,(H,40,42). The molecule has 0 saturated carbocycles. The molecule has 0 radical (unpaired) electrons. The second kappa shape index (κ2) is 13.3. The van der Waals surface area contributed by atoms with Crippen molar-refractivity contribution in [3.8, 4) is 0 Å². The van der Waals surface area contributed by atoms with E-state index in [0.717, 1.165) is 53.1 Å². The van der Waals surface area contributed by atoms with Gasteiger partial charge >= 0.3 is 5.97 Å². The molecule has 7 nitrogen and oxygen atoms in total. The number of hydrogen-bond acceptors (Lipinski definition) is 6. The maximum Gasteiger partial charge on any atom is 0.340 e. The number of fused-ring (bicyclic) bond motifs is 4. The van der Waals surface area contributed by atoms with Crippen molar-refractivity contribution in [3.63, 3.8) is 0 Å². The average molecular weight is 604 g/mol. The van der Waals surface area contributed by atoms with Crippen LogP contribution >= 0.6 is 0 Å². The highest BCUT2D eigenvalue weighted by molar-refractivity contribution is 5.95. The highest BCUT2D eigenvalue weighted by atomic mass is 16.7. The van der Waals surface area contributed by atoms with Crippen LogP contribution in [0, 0.1) is 0 Å². The van der Waals surface area contributed by atoms with Gasteiger partial charge in [0.2, 0.25) is 5.79 Å². The Kier molecular flexibility index (Phi) is 9.01. The molecule has 6 rings (SSSR count). The molecule has 7 heteroatoms. The van der Waals surface area contributed by atoms with Gasteiger partial charge in [0.05, 0.1) is 29.9 Å². The second-order valence-electron chi connectivity index (χ2n) is 11.8. The summed E-state index contributed by atoms with van der Waals surface area (Å²) >= 11 is 0. The van der Waals surface area contributed by atoms with Crippen LogP contribution in [-0.2, 0) is 9.47 Å². The summed E-state index contributed by atoms with van der Waals surface area (Å²) < 4.78 is 13.5. The van der Waals surface area contributed by atoms with E-state index >= 15 is 0 Å². The first-order chi connectivity index (χ1) is 22.0. The Morgan fingerprint density at radius 1 is 0.844 bits per heavy atom. The summed E-state index contributed by atoms with van der Waals surface area (Å²) in [6, 6.07) is 26.4. The summed E-state index contributed by atoms with van der Waals surface area (Å²) in [4.78, 5) is 30.1. The molecule has 3 aromatic rings. The number of carbonyl (C=O) groups excluding carboxylic acids is 2. The molecule has 0 fully saturated rings. The van der Waals surface area contributed by atoms with Crippen molar-refractivity contribution in [1.82, 2.24) is 15.5 Å². The van der Waals surface area contributed by atoms with E-state index < -0.39 is 17.4 Å². The van der Waals surface area contributed by atoms with Gasteiger partial charge in [-0.25, -0.2) is 4.79 Å². The van der Waals surface area contributed by atoms with Crippen LogP contribution in [0.25, 0.3) is 11.3 Å². The molecule has 0 aromatic heterocycles. The number of esters is 1. The quantitative estimate of drug-likeness (QED) is 0.172. The van der Waals surface area contributed by atoms with Gasteiger partial charge in [0.1, 0.15) is 5.66 Å². The van der Waals surface area contributed by atoms with Crippen LogP contribution in [0.15, 0.2) is 109 Å². The predicted octanol–water partition coefficient (Wildman–Crippen LogP) is 5.00. The van der Waals surface area contributed by atoms with Crippen LogP contribution in [0.5, 0.6) is 0 Å². The molecule has 232 valence electrons. The van der Waals surface area contributed by atoms with Crippen molar-refractivity contribution < 1.29 is 19.1 Å². The summed E-state index contributed by atoms with van der Waals surface area (Å²) in [5.74, 6) is -2.22. The highest BCUT2D eigenvalue weighted by Crippen LogP contribution is 2.46. The fourth-order valence-corrected chi connectivity index (χ4v) is 6.40. The van der Waals surface area contributed by atoms with E-state index in [1.54, 1.807) is 24.3 Å². The topological polar surface area (TPSA) is 79.9 Å². The van der Waals surface area contributed by atoms with Gasteiger partial charge in [-0.15, -0.1) is 0 Å². The lowest BCUT2D eigenvalue weighted by Crippen LogP contribution is -2.66. The molecule has 45 heavy (non-hydrogen) atoms. The minimum atomic E-state index is -1.51. The first-order valence-corrected chi connectivity index (χ1v) is 16.1. The maximum atomic E-state index is 14.0. The number of hydrogen-bond donors (Lipinski definition) is 2. The number of benzene rings is 3. The van der Waals surface area contributed by atoms with Crippen LogP contribution < -0.4 is 21.1 Å². The van der Waals surface area contributed by atoms with Crippen molar-refractivity contribution >= 4 is 23.1 Å². The molecule has 0 bridgehead atoms. The van der Waals surface area contributed by atoms with Crippen molar-refractivity contribution in [1.29, 1.82) is 0 Å². The highest BCUT2D eigenvalue weighted by Gasteiger charge is 2.55. The molecular formula is C38H41N3O4. The fraction of sp³-hybridized carbons (Fsp3) is 0.316. The Morgan fingerprint density at radius 2 is 1.51 bits per heavy atom. The van der Waals surface area contributed by atoms with Gasteiger partial charge in [-0.2, -0.15) is 0 Å². The predicted molar refractivity (Wildman–Crippen MR) is 176 cm³/mol. The molecule has 0 saturated heterocycles. The van der Waals surface area contributed by atoms with E-state index in [9.17, 15) is 9.59 Å². The number of ether oxygens (including phenoxy) is 2. The lowest BCUT2D eigenvalue weighted by molar-refractivity contribution is -0.179. The molecule has 0 spiro atoms. The summed E-state index contributed by atoms with van der Waals surface area (Å²) in [6.45, 7) is 5.92. The normalized spacial score (nSPS) is 21.5. The summed E-state index contributed by atoms with van der Waals surface area (Å²) in [6.07, 6.45) is 10.1. The van der Waals surface area contributed by atoms with E-state index in [4.69, 9.17) is 9.47 Å².